The fourth-order valence-corrected chi connectivity index (χ4v) is 2.09. The number of hydrogen-bond acceptors (Lipinski definition) is 2. The molecule has 1 unspecified atom stereocenters. The molecule has 1 aromatic carbocycles. The number of aliphatic hydroxyl groups excluding tert-OH is 1. The number of alkyl halides is 3. The van der Waals surface area contributed by atoms with Gasteiger partial charge in [0, 0.05) is 13.0 Å². The number of aliphatic hydroxyl groups is 1. The van der Waals surface area contributed by atoms with Crippen LogP contribution in [0.15, 0.2) is 18.2 Å². The minimum absolute atomic E-state index is 0.257. The predicted molar refractivity (Wildman–Crippen MR) is 65.9 cm³/mol. The van der Waals surface area contributed by atoms with Crippen LogP contribution in [0.4, 0.5) is 13.2 Å². The van der Waals surface area contributed by atoms with Crippen LogP contribution >= 0.6 is 0 Å². The lowest BCUT2D eigenvalue weighted by molar-refractivity contribution is -0.203. The molecule has 1 N–H and O–H groups in total. The third-order valence-corrected chi connectivity index (χ3v) is 3.05. The number of benzene rings is 1. The van der Waals surface area contributed by atoms with E-state index >= 15 is 0 Å². The van der Waals surface area contributed by atoms with Crippen LogP contribution in [0.3, 0.4) is 0 Å². The van der Waals surface area contributed by atoms with Gasteiger partial charge in [-0.1, -0.05) is 6.07 Å². The van der Waals surface area contributed by atoms with Crippen molar-refractivity contribution in [3.8, 4) is 0 Å². The zero-order valence-corrected chi connectivity index (χ0v) is 10.7. The second-order valence-corrected chi connectivity index (χ2v) is 4.53. The molecule has 0 bridgehead atoms. The van der Waals surface area contributed by atoms with Gasteiger partial charge < -0.3 is 9.67 Å². The van der Waals surface area contributed by atoms with Crippen molar-refractivity contribution in [2.75, 3.05) is 0 Å². The van der Waals surface area contributed by atoms with Crippen molar-refractivity contribution in [1.82, 2.24) is 9.55 Å². The van der Waals surface area contributed by atoms with Crippen LogP contribution in [-0.4, -0.2) is 26.9 Å². The number of halogens is 3. The quantitative estimate of drug-likeness (QED) is 0.933. The highest BCUT2D eigenvalue weighted by Gasteiger charge is 2.39. The van der Waals surface area contributed by atoms with Gasteiger partial charge in [-0.3, -0.25) is 0 Å². The van der Waals surface area contributed by atoms with Crippen LogP contribution in [0.1, 0.15) is 18.3 Å². The Labute approximate surface area is 108 Å². The second-order valence-electron chi connectivity index (χ2n) is 4.53. The van der Waals surface area contributed by atoms with Gasteiger partial charge in [0.2, 0.25) is 0 Å². The van der Waals surface area contributed by atoms with Gasteiger partial charge in [-0.15, -0.1) is 0 Å². The minimum atomic E-state index is -4.62. The Morgan fingerprint density at radius 1 is 1.37 bits per heavy atom. The Bertz CT molecular complexity index is 589. The van der Waals surface area contributed by atoms with Crippen LogP contribution in [0.25, 0.3) is 11.0 Å². The van der Waals surface area contributed by atoms with E-state index < -0.39 is 18.7 Å². The fraction of sp³-hybridized carbons (Fsp3) is 0.462. The molecule has 0 spiro atoms. The van der Waals surface area contributed by atoms with Crippen LogP contribution in [0, 0.1) is 6.92 Å². The number of hydrogen-bond donors (Lipinski definition) is 1. The number of nitrogens with zero attached hydrogens (tertiary/aromatic N) is 2. The third kappa shape index (κ3) is 2.73. The summed E-state index contributed by atoms with van der Waals surface area (Å²) in [4.78, 5) is 4.20. The van der Waals surface area contributed by atoms with Crippen molar-refractivity contribution in [3.05, 3.63) is 29.6 Å². The molecule has 1 aromatic heterocycles. The van der Waals surface area contributed by atoms with Gasteiger partial charge in [-0.25, -0.2) is 4.98 Å². The summed E-state index contributed by atoms with van der Waals surface area (Å²) in [6.07, 6.45) is -7.52. The lowest BCUT2D eigenvalue weighted by atomic mass is 10.2. The molecule has 2 rings (SSSR count). The van der Waals surface area contributed by atoms with E-state index in [0.717, 1.165) is 11.1 Å². The number of aromatic nitrogens is 2. The summed E-state index contributed by atoms with van der Waals surface area (Å²) in [7, 11) is 0. The Morgan fingerprint density at radius 3 is 2.63 bits per heavy atom. The molecule has 19 heavy (non-hydrogen) atoms. The maximum Gasteiger partial charge on any atom is 0.414 e. The average molecular weight is 272 g/mol. The molecular weight excluding hydrogens is 257 g/mol. The van der Waals surface area contributed by atoms with Gasteiger partial charge in [-0.2, -0.15) is 13.2 Å². The maximum absolute atomic E-state index is 12.4. The zero-order valence-electron chi connectivity index (χ0n) is 10.7. The van der Waals surface area contributed by atoms with Crippen molar-refractivity contribution in [2.45, 2.75) is 39.1 Å². The van der Waals surface area contributed by atoms with Gasteiger partial charge in [0.25, 0.3) is 0 Å². The summed E-state index contributed by atoms with van der Waals surface area (Å²) in [6.45, 7) is 4.25. The summed E-state index contributed by atoms with van der Waals surface area (Å²) in [5.74, 6) is 0.257. The van der Waals surface area contributed by atoms with Crippen molar-refractivity contribution in [2.24, 2.45) is 0 Å². The zero-order chi connectivity index (χ0) is 14.2. The highest BCUT2D eigenvalue weighted by Crippen LogP contribution is 2.25. The van der Waals surface area contributed by atoms with E-state index in [1.807, 2.05) is 32.0 Å². The number of imidazole rings is 1. The second kappa shape index (κ2) is 4.85. The van der Waals surface area contributed by atoms with E-state index in [9.17, 15) is 13.2 Å². The summed E-state index contributed by atoms with van der Waals surface area (Å²) in [6, 6.07) is 5.55. The van der Waals surface area contributed by atoms with Crippen molar-refractivity contribution < 1.29 is 18.3 Å². The molecule has 1 heterocycles. The molecule has 104 valence electrons. The smallest absolute Gasteiger partial charge is 0.383 e. The van der Waals surface area contributed by atoms with Crippen LogP contribution < -0.4 is 0 Å². The highest BCUT2D eigenvalue weighted by molar-refractivity contribution is 5.76. The topological polar surface area (TPSA) is 38.0 Å². The first kappa shape index (κ1) is 13.9. The predicted octanol–water partition coefficient (Wildman–Crippen LogP) is 2.83. The Morgan fingerprint density at radius 2 is 2.05 bits per heavy atom. The Hall–Kier alpha value is -1.56. The summed E-state index contributed by atoms with van der Waals surface area (Å²) >= 11 is 0. The number of fused-ring (bicyclic) bond motifs is 1. The van der Waals surface area contributed by atoms with Gasteiger partial charge >= 0.3 is 6.18 Å². The molecule has 0 aliphatic heterocycles. The molecule has 0 amide bonds. The first-order chi connectivity index (χ1) is 8.82. The molecule has 0 aliphatic carbocycles. The maximum atomic E-state index is 12.4. The van der Waals surface area contributed by atoms with Gasteiger partial charge in [0.15, 0.2) is 6.10 Å². The third-order valence-electron chi connectivity index (χ3n) is 3.05. The van der Waals surface area contributed by atoms with Gasteiger partial charge in [-0.05, 0) is 31.5 Å². The van der Waals surface area contributed by atoms with Crippen molar-refractivity contribution in [3.63, 3.8) is 0 Å². The lowest BCUT2D eigenvalue weighted by Crippen LogP contribution is -2.31. The molecule has 0 fully saturated rings. The standard InChI is InChI=1S/C13H15F3N2O/c1-3-18-10-5-4-8(2)6-9(10)17-12(18)7-11(19)13(14,15)16/h4-6,11,19H,3,7H2,1-2H3. The lowest BCUT2D eigenvalue weighted by Gasteiger charge is -2.14. The summed E-state index contributed by atoms with van der Waals surface area (Å²) in [5.41, 5.74) is 2.44. The van der Waals surface area contributed by atoms with E-state index in [1.54, 1.807) is 4.57 Å². The molecular formula is C13H15F3N2O. The monoisotopic (exact) mass is 272 g/mol. The molecule has 0 aliphatic rings. The SMILES string of the molecule is CCn1c(CC(O)C(F)(F)F)nc2cc(C)ccc21. The molecule has 0 saturated carbocycles. The van der Waals surface area contributed by atoms with Crippen molar-refractivity contribution >= 4 is 11.0 Å². The molecule has 2 aromatic rings. The fourth-order valence-electron chi connectivity index (χ4n) is 2.09. The molecule has 3 nitrogen and oxygen atoms in total. The summed E-state index contributed by atoms with van der Waals surface area (Å²) in [5, 5.41) is 9.16. The Balaban J connectivity index is 2.43. The van der Waals surface area contributed by atoms with Crippen molar-refractivity contribution in [1.29, 1.82) is 0 Å². The van der Waals surface area contributed by atoms with Crippen LogP contribution in [0.2, 0.25) is 0 Å². The van der Waals surface area contributed by atoms with Gasteiger partial charge in [0.1, 0.15) is 5.82 Å². The van der Waals surface area contributed by atoms with E-state index in [1.165, 1.54) is 0 Å². The number of aryl methyl sites for hydroxylation is 2. The molecule has 1 atom stereocenters. The molecule has 6 heteroatoms. The number of rotatable bonds is 3. The normalized spacial score (nSPS) is 14.0. The van der Waals surface area contributed by atoms with E-state index in [4.69, 9.17) is 5.11 Å². The van der Waals surface area contributed by atoms with E-state index in [2.05, 4.69) is 4.98 Å². The average Bonchev–Trinajstić information content (AvgIpc) is 2.63. The first-order valence-corrected chi connectivity index (χ1v) is 6.03. The van der Waals surface area contributed by atoms with Gasteiger partial charge in [0.05, 0.1) is 11.0 Å². The largest absolute Gasteiger partial charge is 0.414 e. The first-order valence-electron chi connectivity index (χ1n) is 6.03. The Kier molecular flexibility index (Phi) is 3.54. The van der Waals surface area contributed by atoms with E-state index in [-0.39, 0.29) is 5.82 Å². The van der Waals surface area contributed by atoms with E-state index in [0.29, 0.717) is 12.1 Å². The highest BCUT2D eigenvalue weighted by atomic mass is 19.4. The molecule has 0 radical (unpaired) electrons. The van der Waals surface area contributed by atoms with Crippen LogP contribution in [-0.2, 0) is 13.0 Å². The van der Waals surface area contributed by atoms with Crippen LogP contribution in [0.5, 0.6) is 0 Å². The minimum Gasteiger partial charge on any atom is -0.383 e. The molecule has 0 saturated heterocycles. The summed E-state index contributed by atoms with van der Waals surface area (Å²) < 4.78 is 38.9.